The van der Waals surface area contributed by atoms with Crippen LogP contribution < -0.4 is 5.32 Å². The third kappa shape index (κ3) is 4.83. The highest BCUT2D eigenvalue weighted by molar-refractivity contribution is 9.10. The Balaban J connectivity index is 1.86. The van der Waals surface area contributed by atoms with Crippen LogP contribution >= 0.6 is 27.5 Å². The van der Waals surface area contributed by atoms with Crippen molar-refractivity contribution in [2.24, 2.45) is 0 Å². The van der Waals surface area contributed by atoms with Crippen molar-refractivity contribution in [2.45, 2.75) is 6.54 Å². The van der Waals surface area contributed by atoms with Crippen LogP contribution in [0.1, 0.15) is 11.1 Å². The largest absolute Gasteiger partial charge is 0.348 e. The number of carbonyl (C=O) groups excluding carboxylic acids is 1. The van der Waals surface area contributed by atoms with Gasteiger partial charge in [-0.2, -0.15) is 0 Å². The monoisotopic (exact) mass is 349 g/mol. The van der Waals surface area contributed by atoms with E-state index in [0.29, 0.717) is 11.6 Å². The third-order valence-electron chi connectivity index (χ3n) is 2.68. The summed E-state index contributed by atoms with van der Waals surface area (Å²) in [6, 6.07) is 15.1. The predicted octanol–water partition coefficient (Wildman–Crippen LogP) is 4.43. The Bertz CT molecular complexity index is 605. The molecule has 4 heteroatoms. The van der Waals surface area contributed by atoms with Crippen molar-refractivity contribution in [3.05, 3.63) is 75.2 Å². The molecule has 0 spiro atoms. The number of halogens is 2. The first kappa shape index (κ1) is 14.8. The Hall–Kier alpha value is -1.58. The van der Waals surface area contributed by atoms with Crippen molar-refractivity contribution in [2.75, 3.05) is 0 Å². The molecule has 0 aliphatic rings. The average Bonchev–Trinajstić information content (AvgIpc) is 2.46. The van der Waals surface area contributed by atoms with Gasteiger partial charge in [-0.15, -0.1) is 0 Å². The molecule has 2 rings (SSSR count). The molecule has 0 unspecified atom stereocenters. The molecule has 0 saturated heterocycles. The van der Waals surface area contributed by atoms with Crippen molar-refractivity contribution in [3.63, 3.8) is 0 Å². The maximum absolute atomic E-state index is 11.7. The number of carbonyl (C=O) groups is 1. The van der Waals surface area contributed by atoms with Crippen LogP contribution in [0, 0.1) is 0 Å². The quantitative estimate of drug-likeness (QED) is 0.812. The molecule has 0 aliphatic heterocycles. The van der Waals surface area contributed by atoms with Crippen LogP contribution in [-0.2, 0) is 11.3 Å². The normalized spacial score (nSPS) is 10.7. The van der Waals surface area contributed by atoms with Crippen molar-refractivity contribution < 1.29 is 4.79 Å². The summed E-state index contributed by atoms with van der Waals surface area (Å²) in [5, 5.41) is 3.52. The van der Waals surface area contributed by atoms with Crippen LogP contribution in [0.5, 0.6) is 0 Å². The van der Waals surface area contributed by atoms with E-state index in [1.807, 2.05) is 36.4 Å². The van der Waals surface area contributed by atoms with Crippen molar-refractivity contribution >= 4 is 39.5 Å². The lowest BCUT2D eigenvalue weighted by Crippen LogP contribution is -2.20. The summed E-state index contributed by atoms with van der Waals surface area (Å²) in [5.41, 5.74) is 2.00. The second-order valence-electron chi connectivity index (χ2n) is 4.23. The minimum atomic E-state index is -0.122. The molecular weight excluding hydrogens is 338 g/mol. The Morgan fingerprint density at radius 1 is 1.10 bits per heavy atom. The first-order chi connectivity index (χ1) is 9.63. The molecule has 0 radical (unpaired) electrons. The third-order valence-corrected chi connectivity index (χ3v) is 3.46. The van der Waals surface area contributed by atoms with E-state index in [1.54, 1.807) is 18.2 Å². The number of rotatable bonds is 4. The Kier molecular flexibility index (Phi) is 5.39. The Labute approximate surface area is 131 Å². The van der Waals surface area contributed by atoms with Gasteiger partial charge in [0.05, 0.1) is 0 Å². The van der Waals surface area contributed by atoms with Crippen molar-refractivity contribution in [3.8, 4) is 0 Å². The summed E-state index contributed by atoms with van der Waals surface area (Å²) >= 11 is 9.17. The second kappa shape index (κ2) is 7.27. The van der Waals surface area contributed by atoms with E-state index in [4.69, 9.17) is 11.6 Å². The molecule has 0 fully saturated rings. The number of nitrogens with one attached hydrogen (secondary N) is 1. The van der Waals surface area contributed by atoms with Crippen LogP contribution in [0.4, 0.5) is 0 Å². The average molecular weight is 351 g/mol. The summed E-state index contributed by atoms with van der Waals surface area (Å²) in [4.78, 5) is 11.7. The maximum atomic E-state index is 11.7. The zero-order valence-electron chi connectivity index (χ0n) is 10.6. The van der Waals surface area contributed by atoms with Crippen molar-refractivity contribution in [1.29, 1.82) is 0 Å². The highest BCUT2D eigenvalue weighted by Gasteiger charge is 1.97. The van der Waals surface area contributed by atoms with Gasteiger partial charge in [-0.25, -0.2) is 0 Å². The molecular formula is C16H13BrClNO. The number of amides is 1. The van der Waals surface area contributed by atoms with Gasteiger partial charge in [0.15, 0.2) is 0 Å². The minimum absolute atomic E-state index is 0.122. The van der Waals surface area contributed by atoms with Gasteiger partial charge in [-0.05, 0) is 41.5 Å². The minimum Gasteiger partial charge on any atom is -0.348 e. The van der Waals surface area contributed by atoms with E-state index >= 15 is 0 Å². The highest BCUT2D eigenvalue weighted by Crippen LogP contribution is 2.11. The van der Waals surface area contributed by atoms with E-state index < -0.39 is 0 Å². The number of benzene rings is 2. The van der Waals surface area contributed by atoms with E-state index in [2.05, 4.69) is 21.2 Å². The lowest BCUT2D eigenvalue weighted by Gasteiger charge is -2.02. The first-order valence-corrected chi connectivity index (χ1v) is 7.26. The molecule has 1 amide bonds. The van der Waals surface area contributed by atoms with Gasteiger partial charge in [0.25, 0.3) is 0 Å². The van der Waals surface area contributed by atoms with Gasteiger partial charge >= 0.3 is 0 Å². The van der Waals surface area contributed by atoms with Crippen LogP contribution in [0.2, 0.25) is 5.02 Å². The molecule has 0 aromatic heterocycles. The molecule has 0 saturated carbocycles. The van der Waals surface area contributed by atoms with E-state index in [1.165, 1.54) is 6.08 Å². The molecule has 2 aromatic rings. The summed E-state index contributed by atoms with van der Waals surface area (Å²) in [7, 11) is 0. The van der Waals surface area contributed by atoms with Gasteiger partial charge in [0.1, 0.15) is 0 Å². The Morgan fingerprint density at radius 2 is 1.75 bits per heavy atom. The molecule has 2 aromatic carbocycles. The smallest absolute Gasteiger partial charge is 0.244 e. The zero-order chi connectivity index (χ0) is 14.4. The lowest BCUT2D eigenvalue weighted by molar-refractivity contribution is -0.116. The standard InChI is InChI=1S/C16H13BrClNO/c17-14-6-1-13(2-7-14)11-19-16(20)10-5-12-3-8-15(18)9-4-12/h1-10H,11H2,(H,19,20). The van der Waals surface area contributed by atoms with E-state index in [9.17, 15) is 4.79 Å². The first-order valence-electron chi connectivity index (χ1n) is 6.09. The molecule has 0 bridgehead atoms. The molecule has 0 aliphatic carbocycles. The van der Waals surface area contributed by atoms with Crippen LogP contribution in [0.25, 0.3) is 6.08 Å². The van der Waals surface area contributed by atoms with Crippen LogP contribution in [0.15, 0.2) is 59.1 Å². The maximum Gasteiger partial charge on any atom is 0.244 e. The van der Waals surface area contributed by atoms with Gasteiger partial charge in [0.2, 0.25) is 5.91 Å². The van der Waals surface area contributed by atoms with E-state index in [0.717, 1.165) is 15.6 Å². The molecule has 1 N–H and O–H groups in total. The fourth-order valence-corrected chi connectivity index (χ4v) is 1.99. The summed E-state index contributed by atoms with van der Waals surface area (Å²) in [6.07, 6.45) is 3.27. The molecule has 2 nitrogen and oxygen atoms in total. The van der Waals surface area contributed by atoms with Crippen molar-refractivity contribution in [1.82, 2.24) is 5.32 Å². The predicted molar refractivity (Wildman–Crippen MR) is 86.5 cm³/mol. The second-order valence-corrected chi connectivity index (χ2v) is 5.58. The fraction of sp³-hybridized carbons (Fsp3) is 0.0625. The fourth-order valence-electron chi connectivity index (χ4n) is 1.60. The SMILES string of the molecule is O=C(C=Cc1ccc(Cl)cc1)NCc1ccc(Br)cc1. The Morgan fingerprint density at radius 3 is 2.40 bits per heavy atom. The van der Waals surface area contributed by atoms with Gasteiger partial charge < -0.3 is 5.32 Å². The summed E-state index contributed by atoms with van der Waals surface area (Å²) in [5.74, 6) is -0.122. The summed E-state index contributed by atoms with van der Waals surface area (Å²) in [6.45, 7) is 0.511. The van der Waals surface area contributed by atoms with Crippen LogP contribution in [0.3, 0.4) is 0 Å². The van der Waals surface area contributed by atoms with Gasteiger partial charge in [0, 0.05) is 22.1 Å². The zero-order valence-corrected chi connectivity index (χ0v) is 13.0. The number of hydrogen-bond donors (Lipinski definition) is 1. The highest BCUT2D eigenvalue weighted by atomic mass is 79.9. The van der Waals surface area contributed by atoms with Gasteiger partial charge in [-0.1, -0.05) is 51.8 Å². The molecule has 20 heavy (non-hydrogen) atoms. The summed E-state index contributed by atoms with van der Waals surface area (Å²) < 4.78 is 1.02. The van der Waals surface area contributed by atoms with Gasteiger partial charge in [-0.3, -0.25) is 4.79 Å². The molecule has 0 heterocycles. The lowest BCUT2D eigenvalue weighted by atomic mass is 10.2. The number of hydrogen-bond acceptors (Lipinski definition) is 1. The molecule has 102 valence electrons. The topological polar surface area (TPSA) is 29.1 Å². The molecule has 0 atom stereocenters. The van der Waals surface area contributed by atoms with Crippen LogP contribution in [-0.4, -0.2) is 5.91 Å². The van der Waals surface area contributed by atoms with E-state index in [-0.39, 0.29) is 5.91 Å².